The summed E-state index contributed by atoms with van der Waals surface area (Å²) in [5, 5.41) is 1.52. The largest absolute Gasteiger partial charge is 0.388 e. The fraction of sp³-hybridized carbons (Fsp3) is 0.467. The van der Waals surface area contributed by atoms with E-state index in [1.807, 2.05) is 0 Å². The second-order valence-electron chi connectivity index (χ2n) is 5.70. The number of fused-ring (bicyclic) bond motifs is 2. The first-order valence-electron chi connectivity index (χ1n) is 6.88. The Labute approximate surface area is 109 Å². The maximum atomic E-state index is 6.30. The molecule has 2 bridgehead atoms. The molecule has 0 aromatic heterocycles. The van der Waals surface area contributed by atoms with E-state index in [-0.39, 0.29) is 5.04 Å². The molecule has 1 heterocycles. The SMILES string of the molecule is C1=CC2([Si]3(c4ccccc4)OCCO3)CCC1C2. The summed E-state index contributed by atoms with van der Waals surface area (Å²) >= 11 is 0. The molecule has 2 nitrogen and oxygen atoms in total. The minimum absolute atomic E-state index is 0.204. The molecular formula is C15H18O2Si. The second-order valence-corrected chi connectivity index (χ2v) is 9.08. The van der Waals surface area contributed by atoms with Crippen LogP contribution in [-0.2, 0) is 8.85 Å². The zero-order valence-corrected chi connectivity index (χ0v) is 11.5. The summed E-state index contributed by atoms with van der Waals surface area (Å²) in [6.07, 6.45) is 8.62. The van der Waals surface area contributed by atoms with Crippen molar-refractivity contribution in [2.75, 3.05) is 13.2 Å². The van der Waals surface area contributed by atoms with Gasteiger partial charge < -0.3 is 8.85 Å². The van der Waals surface area contributed by atoms with E-state index in [2.05, 4.69) is 42.5 Å². The Bertz CT molecular complexity index is 479. The normalized spacial score (nSPS) is 36.3. The smallest absolute Gasteiger partial charge is 0.383 e. The Morgan fingerprint density at radius 1 is 1.11 bits per heavy atom. The summed E-state index contributed by atoms with van der Waals surface area (Å²) < 4.78 is 12.6. The monoisotopic (exact) mass is 258 g/mol. The van der Waals surface area contributed by atoms with Crippen molar-refractivity contribution < 1.29 is 8.85 Å². The molecule has 3 heteroatoms. The summed E-state index contributed by atoms with van der Waals surface area (Å²) in [5.41, 5.74) is 0. The van der Waals surface area contributed by atoms with Crippen LogP contribution in [0.25, 0.3) is 0 Å². The summed E-state index contributed by atoms with van der Waals surface area (Å²) in [7, 11) is -2.27. The van der Waals surface area contributed by atoms with Crippen LogP contribution in [0, 0.1) is 5.92 Å². The molecule has 2 atom stereocenters. The van der Waals surface area contributed by atoms with Crippen molar-refractivity contribution in [3.8, 4) is 0 Å². The highest BCUT2D eigenvalue weighted by Crippen LogP contribution is 2.61. The summed E-state index contributed by atoms with van der Waals surface area (Å²) in [5.74, 6) is 0.769. The lowest BCUT2D eigenvalue weighted by Crippen LogP contribution is -2.58. The molecule has 18 heavy (non-hydrogen) atoms. The predicted molar refractivity (Wildman–Crippen MR) is 72.9 cm³/mol. The molecule has 1 aromatic rings. The fourth-order valence-electron chi connectivity index (χ4n) is 3.97. The van der Waals surface area contributed by atoms with Gasteiger partial charge in [0.05, 0.1) is 13.2 Å². The standard InChI is InChI=1S/C15H18O2Si/c1-2-4-14(5-3-1)18(16-10-11-17-18)15-8-6-13(12-15)7-9-15/h1-6,8,13H,7,9-12H2. The molecule has 3 aliphatic rings. The van der Waals surface area contributed by atoms with E-state index in [1.165, 1.54) is 24.4 Å². The molecule has 0 spiro atoms. The summed E-state index contributed by atoms with van der Waals surface area (Å²) in [6.45, 7) is 1.53. The van der Waals surface area contributed by atoms with Gasteiger partial charge in [-0.3, -0.25) is 0 Å². The molecule has 2 fully saturated rings. The highest BCUT2D eigenvalue weighted by molar-refractivity contribution is 6.84. The molecule has 2 unspecified atom stereocenters. The third kappa shape index (κ3) is 1.30. The van der Waals surface area contributed by atoms with Gasteiger partial charge in [0.25, 0.3) is 0 Å². The minimum atomic E-state index is -2.27. The van der Waals surface area contributed by atoms with Crippen LogP contribution in [0.1, 0.15) is 19.3 Å². The zero-order valence-electron chi connectivity index (χ0n) is 10.5. The van der Waals surface area contributed by atoms with Gasteiger partial charge in [0.1, 0.15) is 0 Å². The van der Waals surface area contributed by atoms with Crippen LogP contribution < -0.4 is 5.19 Å². The van der Waals surface area contributed by atoms with Crippen LogP contribution in [0.5, 0.6) is 0 Å². The Morgan fingerprint density at radius 2 is 1.89 bits per heavy atom. The molecule has 0 amide bonds. The Balaban J connectivity index is 1.84. The number of hydrogen-bond acceptors (Lipinski definition) is 2. The van der Waals surface area contributed by atoms with Gasteiger partial charge in [-0.15, -0.1) is 0 Å². The van der Waals surface area contributed by atoms with E-state index >= 15 is 0 Å². The molecule has 0 N–H and O–H groups in total. The van der Waals surface area contributed by atoms with Gasteiger partial charge in [-0.25, -0.2) is 0 Å². The summed E-state index contributed by atoms with van der Waals surface area (Å²) in [6, 6.07) is 10.7. The Morgan fingerprint density at radius 3 is 2.44 bits per heavy atom. The lowest BCUT2D eigenvalue weighted by atomic mass is 10.1. The minimum Gasteiger partial charge on any atom is -0.388 e. The molecule has 0 radical (unpaired) electrons. The second kappa shape index (κ2) is 3.79. The van der Waals surface area contributed by atoms with Gasteiger partial charge >= 0.3 is 8.56 Å². The molecular weight excluding hydrogens is 240 g/mol. The molecule has 1 aliphatic heterocycles. The van der Waals surface area contributed by atoms with E-state index in [9.17, 15) is 0 Å². The van der Waals surface area contributed by atoms with Gasteiger partial charge in [-0.2, -0.15) is 0 Å². The van der Waals surface area contributed by atoms with Crippen LogP contribution in [-0.4, -0.2) is 21.8 Å². The first-order chi connectivity index (χ1) is 8.85. The van der Waals surface area contributed by atoms with Crippen molar-refractivity contribution in [2.24, 2.45) is 5.92 Å². The molecule has 1 saturated carbocycles. The number of benzene rings is 1. The van der Waals surface area contributed by atoms with E-state index in [4.69, 9.17) is 8.85 Å². The molecule has 94 valence electrons. The van der Waals surface area contributed by atoms with Crippen LogP contribution in [0.3, 0.4) is 0 Å². The van der Waals surface area contributed by atoms with Gasteiger partial charge in [-0.05, 0) is 30.4 Å². The van der Waals surface area contributed by atoms with Crippen molar-refractivity contribution in [3.05, 3.63) is 42.5 Å². The fourth-order valence-corrected chi connectivity index (χ4v) is 8.23. The summed E-state index contributed by atoms with van der Waals surface area (Å²) in [4.78, 5) is 0. The highest BCUT2D eigenvalue weighted by atomic mass is 28.4. The van der Waals surface area contributed by atoms with Gasteiger partial charge in [-0.1, -0.05) is 42.5 Å². The van der Waals surface area contributed by atoms with Gasteiger partial charge in [0, 0.05) is 5.04 Å². The predicted octanol–water partition coefficient (Wildman–Crippen LogP) is 2.49. The first kappa shape index (κ1) is 11.0. The Kier molecular flexibility index (Phi) is 2.31. The van der Waals surface area contributed by atoms with Crippen molar-refractivity contribution in [1.82, 2.24) is 0 Å². The van der Waals surface area contributed by atoms with Crippen molar-refractivity contribution in [1.29, 1.82) is 0 Å². The van der Waals surface area contributed by atoms with Crippen molar-refractivity contribution >= 4 is 13.7 Å². The zero-order chi connectivity index (χ0) is 12.1. The van der Waals surface area contributed by atoms with Crippen LogP contribution >= 0.6 is 0 Å². The Hall–Kier alpha value is -0.903. The quantitative estimate of drug-likeness (QED) is 0.599. The van der Waals surface area contributed by atoms with Gasteiger partial charge in [0.15, 0.2) is 0 Å². The third-order valence-corrected chi connectivity index (χ3v) is 9.02. The van der Waals surface area contributed by atoms with Crippen molar-refractivity contribution in [2.45, 2.75) is 24.3 Å². The average Bonchev–Trinajstić information content (AvgIpc) is 3.16. The van der Waals surface area contributed by atoms with E-state index < -0.39 is 8.56 Å². The maximum absolute atomic E-state index is 6.30. The van der Waals surface area contributed by atoms with Crippen molar-refractivity contribution in [3.63, 3.8) is 0 Å². The van der Waals surface area contributed by atoms with E-state index in [0.717, 1.165) is 19.1 Å². The van der Waals surface area contributed by atoms with E-state index in [0.29, 0.717) is 0 Å². The molecule has 2 aliphatic carbocycles. The van der Waals surface area contributed by atoms with Crippen LogP contribution in [0.4, 0.5) is 0 Å². The third-order valence-electron chi connectivity index (χ3n) is 4.78. The number of allylic oxidation sites excluding steroid dienone is 2. The highest BCUT2D eigenvalue weighted by Gasteiger charge is 2.63. The lowest BCUT2D eigenvalue weighted by Gasteiger charge is -2.38. The lowest BCUT2D eigenvalue weighted by molar-refractivity contribution is 0.312. The van der Waals surface area contributed by atoms with E-state index in [1.54, 1.807) is 0 Å². The first-order valence-corrected chi connectivity index (χ1v) is 8.69. The maximum Gasteiger partial charge on any atom is 0.383 e. The number of rotatable bonds is 2. The topological polar surface area (TPSA) is 18.5 Å². The molecule has 1 saturated heterocycles. The van der Waals surface area contributed by atoms with Crippen LogP contribution in [0.2, 0.25) is 5.04 Å². The van der Waals surface area contributed by atoms with Crippen LogP contribution in [0.15, 0.2) is 42.5 Å². The molecule has 1 aromatic carbocycles. The average molecular weight is 258 g/mol. The number of hydrogen-bond donors (Lipinski definition) is 0. The molecule has 4 rings (SSSR count). The van der Waals surface area contributed by atoms with Gasteiger partial charge in [0.2, 0.25) is 0 Å².